The lowest BCUT2D eigenvalue weighted by Crippen LogP contribution is -2.06. The van der Waals surface area contributed by atoms with Crippen LogP contribution in [0, 0.1) is 0 Å². The van der Waals surface area contributed by atoms with Gasteiger partial charge in [0.1, 0.15) is 5.75 Å². The smallest absolute Gasteiger partial charge is 0.337 e. The first-order valence-corrected chi connectivity index (χ1v) is 4.79. The number of carbonyl (C=O) groups excluding carboxylic acids is 1. The highest BCUT2D eigenvalue weighted by Crippen LogP contribution is 2.12. The first kappa shape index (κ1) is 14.7. The zero-order valence-corrected chi connectivity index (χ0v) is 9.96. The Morgan fingerprint density at radius 2 is 1.94 bits per heavy atom. The van der Waals surface area contributed by atoms with Crippen molar-refractivity contribution in [2.45, 2.75) is 6.42 Å². The molecule has 0 aromatic heterocycles. The minimum atomic E-state index is -0.344. The van der Waals surface area contributed by atoms with Crippen molar-refractivity contribution in [3.8, 4) is 5.75 Å². The molecule has 5 heteroatoms. The van der Waals surface area contributed by atoms with Crippen LogP contribution in [0.5, 0.6) is 5.75 Å². The largest absolute Gasteiger partial charge is 0.494 e. The van der Waals surface area contributed by atoms with E-state index in [-0.39, 0.29) is 18.4 Å². The van der Waals surface area contributed by atoms with Crippen LogP contribution >= 0.6 is 12.4 Å². The van der Waals surface area contributed by atoms with E-state index in [0.717, 1.165) is 12.2 Å². The molecule has 0 unspecified atom stereocenters. The molecule has 16 heavy (non-hydrogen) atoms. The van der Waals surface area contributed by atoms with Crippen molar-refractivity contribution in [1.82, 2.24) is 0 Å². The van der Waals surface area contributed by atoms with E-state index in [9.17, 15) is 4.79 Å². The number of ether oxygens (including phenoxy) is 2. The van der Waals surface area contributed by atoms with Crippen molar-refractivity contribution in [3.05, 3.63) is 29.8 Å². The molecule has 1 rings (SSSR count). The standard InChI is InChI=1S/C11H15NO3.ClH/c1-14-11(13)9-3-5-10(6-4-9)15-8-2-7-12;/h3-6H,2,7-8,12H2,1H3;1H. The van der Waals surface area contributed by atoms with Crippen molar-refractivity contribution in [2.24, 2.45) is 5.73 Å². The first-order valence-electron chi connectivity index (χ1n) is 4.79. The van der Waals surface area contributed by atoms with Crippen LogP contribution in [0.3, 0.4) is 0 Å². The van der Waals surface area contributed by atoms with Crippen LogP contribution in [0.4, 0.5) is 0 Å². The average Bonchev–Trinajstić information content (AvgIpc) is 2.29. The second kappa shape index (κ2) is 7.96. The zero-order valence-electron chi connectivity index (χ0n) is 9.14. The van der Waals surface area contributed by atoms with Crippen molar-refractivity contribution in [2.75, 3.05) is 20.3 Å². The highest BCUT2D eigenvalue weighted by Gasteiger charge is 2.04. The van der Waals surface area contributed by atoms with Crippen LogP contribution in [-0.2, 0) is 4.74 Å². The normalized spacial score (nSPS) is 9.12. The summed E-state index contributed by atoms with van der Waals surface area (Å²) >= 11 is 0. The molecule has 0 spiro atoms. The summed E-state index contributed by atoms with van der Waals surface area (Å²) in [6.45, 7) is 1.20. The van der Waals surface area contributed by atoms with Gasteiger partial charge in [-0.1, -0.05) is 0 Å². The quantitative estimate of drug-likeness (QED) is 0.633. The Bertz CT molecular complexity index is 314. The van der Waals surface area contributed by atoms with E-state index in [2.05, 4.69) is 4.74 Å². The Kier molecular flexibility index (Phi) is 7.33. The second-order valence-electron chi connectivity index (χ2n) is 3.01. The number of benzene rings is 1. The van der Waals surface area contributed by atoms with E-state index >= 15 is 0 Å². The maximum atomic E-state index is 11.1. The lowest BCUT2D eigenvalue weighted by Gasteiger charge is -2.05. The fourth-order valence-corrected chi connectivity index (χ4v) is 1.08. The third-order valence-corrected chi connectivity index (χ3v) is 1.89. The van der Waals surface area contributed by atoms with Gasteiger partial charge < -0.3 is 15.2 Å². The molecule has 90 valence electrons. The monoisotopic (exact) mass is 245 g/mol. The molecular formula is C11H16ClNO3. The van der Waals surface area contributed by atoms with E-state index in [1.165, 1.54) is 7.11 Å². The van der Waals surface area contributed by atoms with Gasteiger partial charge in [-0.3, -0.25) is 0 Å². The van der Waals surface area contributed by atoms with Crippen LogP contribution in [-0.4, -0.2) is 26.2 Å². The molecule has 0 aliphatic rings. The summed E-state index contributed by atoms with van der Waals surface area (Å²) in [6, 6.07) is 6.82. The van der Waals surface area contributed by atoms with Gasteiger partial charge in [0.05, 0.1) is 19.3 Å². The number of hydrogen-bond donors (Lipinski definition) is 1. The van der Waals surface area contributed by atoms with E-state index in [4.69, 9.17) is 10.5 Å². The van der Waals surface area contributed by atoms with Crippen molar-refractivity contribution in [1.29, 1.82) is 0 Å². The fraction of sp³-hybridized carbons (Fsp3) is 0.364. The molecule has 0 saturated carbocycles. The van der Waals surface area contributed by atoms with Crippen molar-refractivity contribution < 1.29 is 14.3 Å². The number of carbonyl (C=O) groups is 1. The van der Waals surface area contributed by atoms with Crippen LogP contribution in [0.2, 0.25) is 0 Å². The molecule has 0 radical (unpaired) electrons. The lowest BCUT2D eigenvalue weighted by atomic mass is 10.2. The summed E-state index contributed by atoms with van der Waals surface area (Å²) < 4.78 is 9.96. The molecule has 0 atom stereocenters. The summed E-state index contributed by atoms with van der Waals surface area (Å²) in [5, 5.41) is 0. The van der Waals surface area contributed by atoms with Gasteiger partial charge in [-0.25, -0.2) is 4.79 Å². The van der Waals surface area contributed by atoms with Crippen LogP contribution in [0.25, 0.3) is 0 Å². The number of esters is 1. The molecule has 1 aromatic carbocycles. The van der Waals surface area contributed by atoms with Crippen molar-refractivity contribution >= 4 is 18.4 Å². The van der Waals surface area contributed by atoms with Gasteiger partial charge in [0.15, 0.2) is 0 Å². The Hall–Kier alpha value is -1.26. The van der Waals surface area contributed by atoms with Gasteiger partial charge in [0.25, 0.3) is 0 Å². The number of halogens is 1. The Balaban J connectivity index is 0.00000225. The van der Waals surface area contributed by atoms with Gasteiger partial charge in [0.2, 0.25) is 0 Å². The predicted molar refractivity (Wildman–Crippen MR) is 64.2 cm³/mol. The SMILES string of the molecule is COC(=O)c1ccc(OCCCN)cc1.Cl. The molecule has 0 saturated heterocycles. The molecule has 4 nitrogen and oxygen atoms in total. The second-order valence-corrected chi connectivity index (χ2v) is 3.01. The summed E-state index contributed by atoms with van der Waals surface area (Å²) in [7, 11) is 1.36. The Morgan fingerprint density at radius 1 is 1.31 bits per heavy atom. The van der Waals surface area contributed by atoms with E-state index in [0.29, 0.717) is 18.7 Å². The summed E-state index contributed by atoms with van der Waals surface area (Å²) in [5.41, 5.74) is 5.85. The maximum Gasteiger partial charge on any atom is 0.337 e. The average molecular weight is 246 g/mol. The van der Waals surface area contributed by atoms with E-state index in [1.54, 1.807) is 24.3 Å². The van der Waals surface area contributed by atoms with Gasteiger partial charge in [-0.15, -0.1) is 12.4 Å². The number of hydrogen-bond acceptors (Lipinski definition) is 4. The van der Waals surface area contributed by atoms with Gasteiger partial charge >= 0.3 is 5.97 Å². The van der Waals surface area contributed by atoms with E-state index in [1.807, 2.05) is 0 Å². The number of rotatable bonds is 5. The predicted octanol–water partition coefficient (Wildman–Crippen LogP) is 1.62. The Morgan fingerprint density at radius 3 is 2.44 bits per heavy atom. The Labute approximate surface area is 101 Å². The van der Waals surface area contributed by atoms with E-state index < -0.39 is 0 Å². The maximum absolute atomic E-state index is 11.1. The number of nitrogens with two attached hydrogens (primary N) is 1. The van der Waals surface area contributed by atoms with Crippen molar-refractivity contribution in [3.63, 3.8) is 0 Å². The molecule has 1 aromatic rings. The van der Waals surface area contributed by atoms with Crippen LogP contribution in [0.15, 0.2) is 24.3 Å². The highest BCUT2D eigenvalue weighted by molar-refractivity contribution is 5.89. The summed E-state index contributed by atoms with van der Waals surface area (Å²) in [6.07, 6.45) is 0.818. The molecule has 0 aliphatic heterocycles. The topological polar surface area (TPSA) is 61.5 Å². The van der Waals surface area contributed by atoms with Gasteiger partial charge in [0, 0.05) is 0 Å². The molecule has 0 aliphatic carbocycles. The molecule has 2 N–H and O–H groups in total. The molecule has 0 heterocycles. The lowest BCUT2D eigenvalue weighted by molar-refractivity contribution is 0.0600. The molecule has 0 amide bonds. The minimum Gasteiger partial charge on any atom is -0.494 e. The van der Waals surface area contributed by atoms with Crippen LogP contribution in [0.1, 0.15) is 16.8 Å². The molecular weight excluding hydrogens is 230 g/mol. The first-order chi connectivity index (χ1) is 7.27. The summed E-state index contributed by atoms with van der Waals surface area (Å²) in [5.74, 6) is 0.389. The van der Waals surface area contributed by atoms with Gasteiger partial charge in [-0.05, 0) is 37.2 Å². The number of methoxy groups -OCH3 is 1. The third kappa shape index (κ3) is 4.51. The fourth-order valence-electron chi connectivity index (χ4n) is 1.08. The summed E-state index contributed by atoms with van der Waals surface area (Å²) in [4.78, 5) is 11.1. The zero-order chi connectivity index (χ0) is 11.1. The molecule has 0 fully saturated rings. The van der Waals surface area contributed by atoms with Crippen LogP contribution < -0.4 is 10.5 Å². The third-order valence-electron chi connectivity index (χ3n) is 1.89. The minimum absolute atomic E-state index is 0. The van der Waals surface area contributed by atoms with Gasteiger partial charge in [-0.2, -0.15) is 0 Å². The highest BCUT2D eigenvalue weighted by atomic mass is 35.5. The molecule has 0 bridgehead atoms.